The van der Waals surface area contributed by atoms with Crippen molar-refractivity contribution in [3.05, 3.63) is 46.2 Å². The first-order valence-electron chi connectivity index (χ1n) is 6.17. The third-order valence-electron chi connectivity index (χ3n) is 2.78. The topological polar surface area (TPSA) is 112 Å². The summed E-state index contributed by atoms with van der Waals surface area (Å²) in [4.78, 5) is 32.8. The molecule has 8 heteroatoms. The molecule has 2 aromatic rings. The first-order chi connectivity index (χ1) is 10.4. The maximum Gasteiger partial charge on any atom is 0.293 e. The maximum atomic E-state index is 11.7. The summed E-state index contributed by atoms with van der Waals surface area (Å²) in [5.41, 5.74) is 0.195. The lowest BCUT2D eigenvalue weighted by Gasteiger charge is -2.05. The molecular weight excluding hydrogens is 292 g/mol. The third-order valence-corrected chi connectivity index (χ3v) is 2.78. The predicted octanol–water partition coefficient (Wildman–Crippen LogP) is 2.14. The zero-order valence-electron chi connectivity index (χ0n) is 11.8. The van der Waals surface area contributed by atoms with Crippen molar-refractivity contribution in [1.29, 1.82) is 0 Å². The number of imide groups is 1. The number of benzene rings is 1. The molecule has 0 aliphatic heterocycles. The standard InChI is InChI=1S/C14H12N2O6/c1-8(17)15-14(18)13-6-5-12(22-13)10-7-9(16(19)20)3-4-11(10)21-2/h3-7H,1-2H3,(H,15,17,18). The number of ether oxygens (including phenoxy) is 1. The number of non-ortho nitro benzene ring substituents is 1. The van der Waals surface area contributed by atoms with E-state index in [1.807, 2.05) is 0 Å². The average Bonchev–Trinajstić information content (AvgIpc) is 2.95. The molecule has 0 fully saturated rings. The molecule has 1 aromatic heterocycles. The van der Waals surface area contributed by atoms with Crippen LogP contribution in [0.25, 0.3) is 11.3 Å². The van der Waals surface area contributed by atoms with Crippen molar-refractivity contribution in [2.45, 2.75) is 6.92 Å². The molecule has 22 heavy (non-hydrogen) atoms. The minimum Gasteiger partial charge on any atom is -0.496 e. The number of furan rings is 1. The predicted molar refractivity (Wildman–Crippen MR) is 75.5 cm³/mol. The van der Waals surface area contributed by atoms with Crippen LogP contribution >= 0.6 is 0 Å². The SMILES string of the molecule is COc1ccc([N+](=O)[O-])cc1-c1ccc(C(=O)NC(C)=O)o1. The maximum absolute atomic E-state index is 11.7. The summed E-state index contributed by atoms with van der Waals surface area (Å²) >= 11 is 0. The fourth-order valence-corrected chi connectivity index (χ4v) is 1.83. The summed E-state index contributed by atoms with van der Waals surface area (Å²) in [6.45, 7) is 1.20. The van der Waals surface area contributed by atoms with Gasteiger partial charge in [-0.3, -0.25) is 25.0 Å². The molecule has 2 amide bonds. The van der Waals surface area contributed by atoms with Crippen molar-refractivity contribution in [2.24, 2.45) is 0 Å². The summed E-state index contributed by atoms with van der Waals surface area (Å²) in [5.74, 6) is -0.717. The van der Waals surface area contributed by atoms with Crippen LogP contribution < -0.4 is 10.1 Å². The van der Waals surface area contributed by atoms with Crippen molar-refractivity contribution in [1.82, 2.24) is 5.32 Å². The van der Waals surface area contributed by atoms with Crippen LogP contribution in [0.4, 0.5) is 5.69 Å². The van der Waals surface area contributed by atoms with Crippen LogP contribution in [0.15, 0.2) is 34.7 Å². The second-order valence-electron chi connectivity index (χ2n) is 4.32. The summed E-state index contributed by atoms with van der Waals surface area (Å²) in [7, 11) is 1.41. The van der Waals surface area contributed by atoms with Gasteiger partial charge in [-0.05, 0) is 18.2 Å². The van der Waals surface area contributed by atoms with Gasteiger partial charge in [-0.15, -0.1) is 0 Å². The summed E-state index contributed by atoms with van der Waals surface area (Å²) in [6.07, 6.45) is 0. The van der Waals surface area contributed by atoms with E-state index in [1.165, 1.54) is 44.4 Å². The second kappa shape index (κ2) is 6.08. The van der Waals surface area contributed by atoms with Crippen LogP contribution in [-0.2, 0) is 4.79 Å². The van der Waals surface area contributed by atoms with E-state index in [1.54, 1.807) is 0 Å². The van der Waals surface area contributed by atoms with Gasteiger partial charge in [0.1, 0.15) is 11.5 Å². The molecule has 0 saturated carbocycles. The molecule has 114 valence electrons. The molecule has 0 atom stereocenters. The van der Waals surface area contributed by atoms with E-state index in [9.17, 15) is 19.7 Å². The Morgan fingerprint density at radius 1 is 1.27 bits per heavy atom. The van der Waals surface area contributed by atoms with E-state index < -0.39 is 16.7 Å². The lowest BCUT2D eigenvalue weighted by Crippen LogP contribution is -2.27. The molecule has 1 aromatic carbocycles. The molecule has 0 aliphatic rings. The molecule has 8 nitrogen and oxygen atoms in total. The van der Waals surface area contributed by atoms with E-state index in [-0.39, 0.29) is 17.2 Å². The van der Waals surface area contributed by atoms with Crippen molar-refractivity contribution in [2.75, 3.05) is 7.11 Å². The quantitative estimate of drug-likeness (QED) is 0.684. The third kappa shape index (κ3) is 3.11. The number of methoxy groups -OCH3 is 1. The van der Waals surface area contributed by atoms with Gasteiger partial charge in [0.25, 0.3) is 11.6 Å². The molecule has 1 N–H and O–H groups in total. The van der Waals surface area contributed by atoms with Crippen LogP contribution in [0, 0.1) is 10.1 Å². The molecule has 0 unspecified atom stereocenters. The molecule has 2 rings (SSSR count). The number of hydrogen-bond acceptors (Lipinski definition) is 6. The number of nitro benzene ring substituents is 1. The van der Waals surface area contributed by atoms with Gasteiger partial charge in [0.2, 0.25) is 5.91 Å². The van der Waals surface area contributed by atoms with Crippen molar-refractivity contribution < 1.29 is 23.7 Å². The number of carbonyl (C=O) groups is 2. The highest BCUT2D eigenvalue weighted by molar-refractivity contribution is 6.02. The largest absolute Gasteiger partial charge is 0.496 e. The number of nitrogens with zero attached hydrogens (tertiary/aromatic N) is 1. The van der Waals surface area contributed by atoms with Crippen LogP contribution in [0.1, 0.15) is 17.5 Å². The Balaban J connectivity index is 2.41. The van der Waals surface area contributed by atoms with Gasteiger partial charge in [-0.25, -0.2) is 0 Å². The van der Waals surface area contributed by atoms with Crippen molar-refractivity contribution in [3.8, 4) is 17.1 Å². The van der Waals surface area contributed by atoms with Gasteiger partial charge in [0.05, 0.1) is 17.6 Å². The second-order valence-corrected chi connectivity index (χ2v) is 4.32. The number of carbonyl (C=O) groups excluding carboxylic acids is 2. The van der Waals surface area contributed by atoms with E-state index >= 15 is 0 Å². The summed E-state index contributed by atoms with van der Waals surface area (Å²) < 4.78 is 10.5. The fourth-order valence-electron chi connectivity index (χ4n) is 1.83. The van der Waals surface area contributed by atoms with Crippen molar-refractivity contribution >= 4 is 17.5 Å². The highest BCUT2D eigenvalue weighted by atomic mass is 16.6. The molecule has 0 radical (unpaired) electrons. The number of rotatable bonds is 4. The van der Waals surface area contributed by atoms with Gasteiger partial charge in [-0.1, -0.05) is 0 Å². The van der Waals surface area contributed by atoms with Gasteiger partial charge >= 0.3 is 0 Å². The lowest BCUT2D eigenvalue weighted by molar-refractivity contribution is -0.384. The van der Waals surface area contributed by atoms with Gasteiger partial charge in [0, 0.05) is 19.1 Å². The van der Waals surface area contributed by atoms with Crippen molar-refractivity contribution in [3.63, 3.8) is 0 Å². The number of amides is 2. The number of nitro groups is 1. The number of hydrogen-bond donors (Lipinski definition) is 1. The molecular formula is C14H12N2O6. The summed E-state index contributed by atoms with van der Waals surface area (Å²) in [6, 6.07) is 6.85. The van der Waals surface area contributed by atoms with Gasteiger partial charge in [-0.2, -0.15) is 0 Å². The molecule has 0 bridgehead atoms. The Bertz CT molecular complexity index is 750. The van der Waals surface area contributed by atoms with Gasteiger partial charge < -0.3 is 9.15 Å². The van der Waals surface area contributed by atoms with E-state index in [0.29, 0.717) is 11.3 Å². The molecule has 1 heterocycles. The average molecular weight is 304 g/mol. The monoisotopic (exact) mass is 304 g/mol. The normalized spacial score (nSPS) is 10.1. The minimum absolute atomic E-state index is 0.0845. The molecule has 0 spiro atoms. The van der Waals surface area contributed by atoms with E-state index in [4.69, 9.17) is 9.15 Å². The lowest BCUT2D eigenvalue weighted by atomic mass is 10.1. The van der Waals surface area contributed by atoms with Gasteiger partial charge in [0.15, 0.2) is 5.76 Å². The molecule has 0 aliphatic carbocycles. The Kier molecular flexibility index (Phi) is 4.21. The first-order valence-corrected chi connectivity index (χ1v) is 6.17. The van der Waals surface area contributed by atoms with Crippen LogP contribution in [-0.4, -0.2) is 23.8 Å². The molecule has 0 saturated heterocycles. The van der Waals surface area contributed by atoms with Crippen LogP contribution in [0.3, 0.4) is 0 Å². The smallest absolute Gasteiger partial charge is 0.293 e. The Morgan fingerprint density at radius 3 is 2.59 bits per heavy atom. The Labute approximate surface area is 124 Å². The van der Waals surface area contributed by atoms with E-state index in [0.717, 1.165) is 0 Å². The number of nitrogens with one attached hydrogen (secondary N) is 1. The zero-order valence-corrected chi connectivity index (χ0v) is 11.8. The Morgan fingerprint density at radius 2 is 2.00 bits per heavy atom. The fraction of sp³-hybridized carbons (Fsp3) is 0.143. The van der Waals surface area contributed by atoms with E-state index in [2.05, 4.69) is 5.32 Å². The van der Waals surface area contributed by atoms with Crippen LogP contribution in [0.2, 0.25) is 0 Å². The zero-order chi connectivity index (χ0) is 16.3. The highest BCUT2D eigenvalue weighted by Gasteiger charge is 2.18. The summed E-state index contributed by atoms with van der Waals surface area (Å²) in [5, 5.41) is 12.9. The Hall–Kier alpha value is -3.16. The minimum atomic E-state index is -0.692. The van der Waals surface area contributed by atoms with Crippen LogP contribution in [0.5, 0.6) is 5.75 Å². The first kappa shape index (κ1) is 15.2. The highest BCUT2D eigenvalue weighted by Crippen LogP contribution is 2.34.